The number of methoxy groups -OCH3 is 1. The van der Waals surface area contributed by atoms with Crippen molar-refractivity contribution in [1.82, 2.24) is 10.6 Å². The van der Waals surface area contributed by atoms with Gasteiger partial charge in [-0.15, -0.1) is 0 Å². The summed E-state index contributed by atoms with van der Waals surface area (Å²) < 4.78 is 4.85. The van der Waals surface area contributed by atoms with Crippen LogP contribution in [-0.4, -0.2) is 30.2 Å². The van der Waals surface area contributed by atoms with Crippen molar-refractivity contribution in [2.45, 2.75) is 19.9 Å². The number of urea groups is 1. The van der Waals surface area contributed by atoms with Gasteiger partial charge >= 0.3 is 6.03 Å². The molecular weight excluding hydrogens is 272 g/mol. The van der Waals surface area contributed by atoms with E-state index in [1.807, 2.05) is 0 Å². The van der Waals surface area contributed by atoms with E-state index in [-0.39, 0.29) is 28.1 Å². The minimum absolute atomic E-state index is 0.0149. The Morgan fingerprint density at radius 3 is 2.53 bits per heavy atom. The van der Waals surface area contributed by atoms with E-state index < -0.39 is 11.9 Å². The average molecular weight is 287 g/mol. The number of imide groups is 1. The molecule has 7 heteroatoms. The molecule has 19 heavy (non-hydrogen) atoms. The zero-order chi connectivity index (χ0) is 14.6. The molecule has 0 bridgehead atoms. The number of aromatic hydroxyl groups is 1. The third-order valence-electron chi connectivity index (χ3n) is 2.16. The van der Waals surface area contributed by atoms with Gasteiger partial charge in [0.1, 0.15) is 0 Å². The van der Waals surface area contributed by atoms with Gasteiger partial charge in [-0.05, 0) is 19.9 Å². The van der Waals surface area contributed by atoms with Crippen LogP contribution in [0.3, 0.4) is 0 Å². The fraction of sp³-hybridized carbons (Fsp3) is 0.333. The van der Waals surface area contributed by atoms with Gasteiger partial charge in [-0.3, -0.25) is 10.1 Å². The standard InChI is InChI=1S/C12H15ClN2O4/c1-6(2)14-12(18)15-11(17)7-4-9(16)10(19-3)5-8(7)13/h4-6,16H,1-3H3,(H2,14,15,17,18). The molecule has 3 N–H and O–H groups in total. The van der Waals surface area contributed by atoms with E-state index in [0.717, 1.165) is 6.07 Å². The lowest BCUT2D eigenvalue weighted by Crippen LogP contribution is -2.42. The normalized spacial score (nSPS) is 10.2. The number of benzene rings is 1. The minimum atomic E-state index is -0.707. The highest BCUT2D eigenvalue weighted by Gasteiger charge is 2.17. The van der Waals surface area contributed by atoms with Crippen LogP contribution in [0.25, 0.3) is 0 Å². The zero-order valence-corrected chi connectivity index (χ0v) is 11.5. The molecule has 0 atom stereocenters. The first-order valence-corrected chi connectivity index (χ1v) is 5.91. The number of phenolic OH excluding ortho intramolecular Hbond substituents is 1. The fourth-order valence-corrected chi connectivity index (χ4v) is 1.59. The number of hydrogen-bond acceptors (Lipinski definition) is 4. The molecular formula is C12H15ClN2O4. The smallest absolute Gasteiger partial charge is 0.321 e. The second kappa shape index (κ2) is 6.29. The first-order chi connectivity index (χ1) is 8.85. The van der Waals surface area contributed by atoms with Crippen LogP contribution in [-0.2, 0) is 0 Å². The van der Waals surface area contributed by atoms with Crippen molar-refractivity contribution in [2.75, 3.05) is 7.11 Å². The number of halogens is 1. The molecule has 0 radical (unpaired) electrons. The van der Waals surface area contributed by atoms with Gasteiger partial charge in [0.05, 0.1) is 17.7 Å². The summed E-state index contributed by atoms with van der Waals surface area (Å²) in [4.78, 5) is 23.2. The lowest BCUT2D eigenvalue weighted by molar-refractivity contribution is 0.0963. The maximum atomic E-state index is 11.8. The number of nitrogens with one attached hydrogen (secondary N) is 2. The summed E-state index contributed by atoms with van der Waals surface area (Å²) in [6, 6.07) is 1.70. The molecule has 0 aliphatic heterocycles. The third-order valence-corrected chi connectivity index (χ3v) is 2.47. The Morgan fingerprint density at radius 1 is 1.37 bits per heavy atom. The number of carbonyl (C=O) groups excluding carboxylic acids is 2. The molecule has 0 saturated heterocycles. The van der Waals surface area contributed by atoms with Crippen molar-refractivity contribution >= 4 is 23.5 Å². The van der Waals surface area contributed by atoms with E-state index in [9.17, 15) is 14.7 Å². The summed E-state index contributed by atoms with van der Waals surface area (Å²) in [5.41, 5.74) is -0.0149. The number of hydrogen-bond donors (Lipinski definition) is 3. The molecule has 0 saturated carbocycles. The van der Waals surface area contributed by atoms with Crippen molar-refractivity contribution in [3.8, 4) is 11.5 Å². The van der Waals surface area contributed by atoms with Crippen LogP contribution in [0.2, 0.25) is 5.02 Å². The van der Waals surface area contributed by atoms with Crippen LogP contribution >= 0.6 is 11.6 Å². The summed E-state index contributed by atoms with van der Waals surface area (Å²) in [5, 5.41) is 14.3. The lowest BCUT2D eigenvalue weighted by Gasteiger charge is -2.11. The molecule has 3 amide bonds. The van der Waals surface area contributed by atoms with Crippen LogP contribution in [0.15, 0.2) is 12.1 Å². The topological polar surface area (TPSA) is 87.7 Å². The van der Waals surface area contributed by atoms with Crippen LogP contribution in [0, 0.1) is 0 Å². The van der Waals surface area contributed by atoms with E-state index in [0.29, 0.717) is 0 Å². The zero-order valence-electron chi connectivity index (χ0n) is 10.8. The SMILES string of the molecule is COc1cc(Cl)c(C(=O)NC(=O)NC(C)C)cc1O. The van der Waals surface area contributed by atoms with E-state index in [1.54, 1.807) is 13.8 Å². The van der Waals surface area contributed by atoms with Crippen LogP contribution in [0.1, 0.15) is 24.2 Å². The molecule has 0 aliphatic carbocycles. The molecule has 6 nitrogen and oxygen atoms in total. The second-order valence-corrected chi connectivity index (χ2v) is 4.49. The van der Waals surface area contributed by atoms with Crippen LogP contribution < -0.4 is 15.4 Å². The van der Waals surface area contributed by atoms with Gasteiger partial charge in [0.15, 0.2) is 11.5 Å². The number of carbonyl (C=O) groups is 2. The highest BCUT2D eigenvalue weighted by atomic mass is 35.5. The van der Waals surface area contributed by atoms with Gasteiger partial charge in [-0.2, -0.15) is 0 Å². The van der Waals surface area contributed by atoms with Gasteiger partial charge in [0, 0.05) is 12.1 Å². The Labute approximate surface area is 115 Å². The van der Waals surface area contributed by atoms with Crippen LogP contribution in [0.5, 0.6) is 11.5 Å². The largest absolute Gasteiger partial charge is 0.504 e. The summed E-state index contributed by atoms with van der Waals surface area (Å²) in [6.07, 6.45) is 0. The Morgan fingerprint density at radius 2 is 2.00 bits per heavy atom. The monoisotopic (exact) mass is 286 g/mol. The molecule has 0 spiro atoms. The molecule has 0 unspecified atom stereocenters. The Kier molecular flexibility index (Phi) is 5.00. The van der Waals surface area contributed by atoms with Gasteiger partial charge in [0.2, 0.25) is 0 Å². The molecule has 0 aromatic heterocycles. The highest BCUT2D eigenvalue weighted by molar-refractivity contribution is 6.34. The average Bonchev–Trinajstić information content (AvgIpc) is 2.30. The summed E-state index contributed by atoms with van der Waals surface area (Å²) in [5.74, 6) is -0.796. The molecule has 1 aromatic rings. The van der Waals surface area contributed by atoms with Gasteiger partial charge in [-0.1, -0.05) is 11.6 Å². The Hall–Kier alpha value is -1.95. The van der Waals surface area contributed by atoms with Gasteiger partial charge < -0.3 is 15.2 Å². The summed E-state index contributed by atoms with van der Waals surface area (Å²) >= 11 is 5.88. The Balaban J connectivity index is 2.89. The predicted molar refractivity (Wildman–Crippen MR) is 70.8 cm³/mol. The molecule has 104 valence electrons. The van der Waals surface area contributed by atoms with E-state index in [1.165, 1.54) is 13.2 Å². The quantitative estimate of drug-likeness (QED) is 0.792. The van der Waals surface area contributed by atoms with Crippen molar-refractivity contribution in [2.24, 2.45) is 0 Å². The Bertz CT molecular complexity index is 503. The van der Waals surface area contributed by atoms with Gasteiger partial charge in [0.25, 0.3) is 5.91 Å². The molecule has 0 fully saturated rings. The third kappa shape index (κ3) is 4.03. The fourth-order valence-electron chi connectivity index (χ4n) is 1.35. The second-order valence-electron chi connectivity index (χ2n) is 4.09. The number of ether oxygens (including phenoxy) is 1. The maximum Gasteiger partial charge on any atom is 0.321 e. The van der Waals surface area contributed by atoms with Crippen molar-refractivity contribution < 1.29 is 19.4 Å². The number of rotatable bonds is 3. The molecule has 1 aromatic carbocycles. The summed E-state index contributed by atoms with van der Waals surface area (Å²) in [6.45, 7) is 3.52. The highest BCUT2D eigenvalue weighted by Crippen LogP contribution is 2.31. The molecule has 0 heterocycles. The van der Waals surface area contributed by atoms with E-state index in [2.05, 4.69) is 10.6 Å². The first-order valence-electron chi connectivity index (χ1n) is 5.53. The van der Waals surface area contributed by atoms with E-state index in [4.69, 9.17) is 16.3 Å². The van der Waals surface area contributed by atoms with Crippen molar-refractivity contribution in [3.63, 3.8) is 0 Å². The first kappa shape index (κ1) is 15.1. The minimum Gasteiger partial charge on any atom is -0.504 e. The summed E-state index contributed by atoms with van der Waals surface area (Å²) in [7, 11) is 1.36. The van der Waals surface area contributed by atoms with Crippen LogP contribution in [0.4, 0.5) is 4.79 Å². The predicted octanol–water partition coefficient (Wildman–Crippen LogP) is 1.90. The lowest BCUT2D eigenvalue weighted by atomic mass is 10.2. The number of amides is 3. The van der Waals surface area contributed by atoms with E-state index >= 15 is 0 Å². The maximum absolute atomic E-state index is 11.8. The van der Waals surface area contributed by atoms with Gasteiger partial charge in [-0.25, -0.2) is 4.79 Å². The molecule has 0 aliphatic rings. The number of phenols is 1. The van der Waals surface area contributed by atoms with Crippen molar-refractivity contribution in [1.29, 1.82) is 0 Å². The molecule has 1 rings (SSSR count). The van der Waals surface area contributed by atoms with Crippen molar-refractivity contribution in [3.05, 3.63) is 22.7 Å².